The number of nitrogens with zero attached hydrogens (tertiary/aromatic N) is 3. The van der Waals surface area contributed by atoms with Crippen molar-refractivity contribution < 1.29 is 13.2 Å². The van der Waals surface area contributed by atoms with Crippen LogP contribution in [-0.4, -0.2) is 63.4 Å². The van der Waals surface area contributed by atoms with E-state index in [9.17, 15) is 13.2 Å². The predicted octanol–water partition coefficient (Wildman–Crippen LogP) is 4.36. The zero-order chi connectivity index (χ0) is 25.5. The molecule has 0 aromatic heterocycles. The molecule has 1 amide bonds. The highest BCUT2D eigenvalue weighted by Gasteiger charge is 2.31. The summed E-state index contributed by atoms with van der Waals surface area (Å²) in [5, 5.41) is 0. The Bertz CT molecular complexity index is 1300. The number of hydrogen-bond acceptors (Lipinski definition) is 4. The van der Waals surface area contributed by atoms with Crippen LogP contribution in [-0.2, 0) is 14.8 Å². The normalized spacial score (nSPS) is 14.8. The Balaban J connectivity index is 1.45. The molecule has 1 aliphatic heterocycles. The minimum absolute atomic E-state index is 0.175. The number of carbonyl (C=O) groups excluding carboxylic acids is 1. The number of hydrogen-bond donors (Lipinski definition) is 0. The highest BCUT2D eigenvalue weighted by molar-refractivity contribution is 7.92. The fourth-order valence-corrected chi connectivity index (χ4v) is 5.80. The van der Waals surface area contributed by atoms with E-state index >= 15 is 0 Å². The highest BCUT2D eigenvalue weighted by atomic mass is 32.2. The summed E-state index contributed by atoms with van der Waals surface area (Å²) in [4.78, 5) is 17.6. The van der Waals surface area contributed by atoms with Crippen LogP contribution in [0.25, 0.3) is 6.08 Å². The summed E-state index contributed by atoms with van der Waals surface area (Å²) in [5.41, 5.74) is 3.45. The molecular formula is C29H33N3O3S. The minimum Gasteiger partial charge on any atom is -0.339 e. The molecule has 36 heavy (non-hydrogen) atoms. The van der Waals surface area contributed by atoms with Crippen molar-refractivity contribution in [1.29, 1.82) is 0 Å². The number of aryl methyl sites for hydroxylation is 2. The predicted molar refractivity (Wildman–Crippen MR) is 145 cm³/mol. The van der Waals surface area contributed by atoms with Gasteiger partial charge in [0.1, 0.15) is 6.54 Å². The van der Waals surface area contributed by atoms with Crippen LogP contribution in [0.3, 0.4) is 0 Å². The van der Waals surface area contributed by atoms with E-state index in [0.29, 0.717) is 18.8 Å². The smallest absolute Gasteiger partial charge is 0.264 e. The molecule has 4 rings (SSSR count). The first-order valence-corrected chi connectivity index (χ1v) is 13.7. The molecule has 0 atom stereocenters. The minimum atomic E-state index is -3.91. The van der Waals surface area contributed by atoms with E-state index in [1.54, 1.807) is 35.2 Å². The first-order valence-electron chi connectivity index (χ1n) is 12.2. The molecule has 0 spiro atoms. The molecule has 1 fully saturated rings. The molecule has 1 aliphatic rings. The molecule has 7 heteroatoms. The molecule has 6 nitrogen and oxygen atoms in total. The summed E-state index contributed by atoms with van der Waals surface area (Å²) in [6.45, 7) is 7.02. The number of rotatable bonds is 8. The lowest BCUT2D eigenvalue weighted by Gasteiger charge is -2.35. The number of amides is 1. The van der Waals surface area contributed by atoms with Crippen molar-refractivity contribution in [2.45, 2.75) is 18.7 Å². The van der Waals surface area contributed by atoms with E-state index in [-0.39, 0.29) is 17.3 Å². The Labute approximate surface area is 214 Å². The van der Waals surface area contributed by atoms with Gasteiger partial charge in [0.05, 0.1) is 10.6 Å². The van der Waals surface area contributed by atoms with Crippen LogP contribution in [0.15, 0.2) is 89.8 Å². The lowest BCUT2D eigenvalue weighted by atomic mass is 10.1. The van der Waals surface area contributed by atoms with Crippen molar-refractivity contribution in [3.8, 4) is 0 Å². The topological polar surface area (TPSA) is 60.9 Å². The van der Waals surface area contributed by atoms with Gasteiger partial charge in [0.2, 0.25) is 5.91 Å². The van der Waals surface area contributed by atoms with E-state index in [1.807, 2.05) is 50.2 Å². The van der Waals surface area contributed by atoms with Crippen molar-refractivity contribution in [3.63, 3.8) is 0 Å². The van der Waals surface area contributed by atoms with Gasteiger partial charge < -0.3 is 4.90 Å². The van der Waals surface area contributed by atoms with Crippen LogP contribution in [0.1, 0.15) is 16.7 Å². The second-order valence-electron chi connectivity index (χ2n) is 9.11. The zero-order valence-electron chi connectivity index (χ0n) is 20.9. The van der Waals surface area contributed by atoms with Crippen LogP contribution >= 0.6 is 0 Å². The zero-order valence-corrected chi connectivity index (χ0v) is 21.7. The van der Waals surface area contributed by atoms with Crippen molar-refractivity contribution >= 4 is 27.7 Å². The Hall–Kier alpha value is -3.42. The second-order valence-corrected chi connectivity index (χ2v) is 11.0. The quantitative estimate of drug-likeness (QED) is 0.458. The summed E-state index contributed by atoms with van der Waals surface area (Å²) in [7, 11) is -3.91. The fourth-order valence-electron chi connectivity index (χ4n) is 4.31. The van der Waals surface area contributed by atoms with Crippen LogP contribution in [0.4, 0.5) is 5.69 Å². The van der Waals surface area contributed by atoms with Gasteiger partial charge in [-0.2, -0.15) is 0 Å². The van der Waals surface area contributed by atoms with Gasteiger partial charge in [-0.05, 0) is 48.7 Å². The largest absolute Gasteiger partial charge is 0.339 e. The van der Waals surface area contributed by atoms with Crippen LogP contribution in [0.5, 0.6) is 0 Å². The molecular weight excluding hydrogens is 470 g/mol. The lowest BCUT2D eigenvalue weighted by Crippen LogP contribution is -2.51. The molecule has 0 unspecified atom stereocenters. The first kappa shape index (κ1) is 25.7. The molecule has 3 aromatic carbocycles. The molecule has 1 heterocycles. The molecule has 3 aromatic rings. The van der Waals surface area contributed by atoms with Crippen LogP contribution in [0, 0.1) is 13.8 Å². The standard InChI is InChI=1S/C29H33N3O3S/c1-24-15-16-25(2)28(22-24)32(36(34,35)27-13-7-4-8-14-27)23-29(33)31-20-18-30(19-21-31)17-9-12-26-10-5-3-6-11-26/h3-16,22H,17-21,23H2,1-2H3/b12-9+. The molecule has 0 aliphatic carbocycles. The van der Waals surface area contributed by atoms with Gasteiger partial charge in [-0.15, -0.1) is 0 Å². The third-order valence-corrected chi connectivity index (χ3v) is 8.22. The van der Waals surface area contributed by atoms with Crippen molar-refractivity contribution in [2.75, 3.05) is 43.6 Å². The molecule has 0 bridgehead atoms. The van der Waals surface area contributed by atoms with E-state index in [0.717, 1.165) is 36.3 Å². The molecule has 0 N–H and O–H groups in total. The molecule has 188 valence electrons. The second kappa shape index (κ2) is 11.5. The van der Waals surface area contributed by atoms with E-state index in [4.69, 9.17) is 0 Å². The Kier molecular flexibility index (Phi) is 8.23. The maximum Gasteiger partial charge on any atom is 0.264 e. The van der Waals surface area contributed by atoms with Gasteiger partial charge in [0.25, 0.3) is 10.0 Å². The van der Waals surface area contributed by atoms with Crippen molar-refractivity contribution in [3.05, 3.63) is 102 Å². The Morgan fingerprint density at radius 3 is 2.19 bits per heavy atom. The molecule has 0 radical (unpaired) electrons. The van der Waals surface area contributed by atoms with E-state index in [2.05, 4.69) is 29.2 Å². The van der Waals surface area contributed by atoms with E-state index < -0.39 is 10.0 Å². The number of benzene rings is 3. The van der Waals surface area contributed by atoms with Crippen LogP contribution in [0.2, 0.25) is 0 Å². The Morgan fingerprint density at radius 1 is 0.889 bits per heavy atom. The summed E-state index contributed by atoms with van der Waals surface area (Å²) in [6.07, 6.45) is 4.25. The lowest BCUT2D eigenvalue weighted by molar-refractivity contribution is -0.131. The van der Waals surface area contributed by atoms with Gasteiger partial charge in [-0.1, -0.05) is 72.8 Å². The third kappa shape index (κ3) is 6.22. The monoisotopic (exact) mass is 503 g/mol. The van der Waals surface area contributed by atoms with Crippen molar-refractivity contribution in [2.24, 2.45) is 0 Å². The SMILES string of the molecule is Cc1ccc(C)c(N(CC(=O)N2CCN(C/C=C/c3ccccc3)CC2)S(=O)(=O)c2ccccc2)c1. The van der Waals surface area contributed by atoms with Crippen molar-refractivity contribution in [1.82, 2.24) is 9.80 Å². The number of sulfonamides is 1. The molecule has 1 saturated heterocycles. The summed E-state index contributed by atoms with van der Waals surface area (Å²) in [5.74, 6) is -0.185. The summed E-state index contributed by atoms with van der Waals surface area (Å²) >= 11 is 0. The molecule has 0 saturated carbocycles. The van der Waals surface area contributed by atoms with Gasteiger partial charge in [-0.25, -0.2) is 8.42 Å². The summed E-state index contributed by atoms with van der Waals surface area (Å²) < 4.78 is 28.5. The average Bonchev–Trinajstić information content (AvgIpc) is 2.90. The first-order chi connectivity index (χ1) is 17.3. The van der Waals surface area contributed by atoms with Crippen LogP contribution < -0.4 is 4.31 Å². The van der Waals surface area contributed by atoms with Gasteiger partial charge in [0, 0.05) is 32.7 Å². The van der Waals surface area contributed by atoms with Gasteiger partial charge >= 0.3 is 0 Å². The van der Waals surface area contributed by atoms with Gasteiger partial charge in [-0.3, -0.25) is 14.0 Å². The summed E-state index contributed by atoms with van der Waals surface area (Å²) in [6, 6.07) is 24.1. The van der Waals surface area contributed by atoms with E-state index in [1.165, 1.54) is 4.31 Å². The number of carbonyl (C=O) groups is 1. The maximum atomic E-state index is 13.6. The third-order valence-electron chi connectivity index (χ3n) is 6.44. The average molecular weight is 504 g/mol. The number of anilines is 1. The van der Waals surface area contributed by atoms with Gasteiger partial charge in [0.15, 0.2) is 0 Å². The maximum absolute atomic E-state index is 13.6. The highest BCUT2D eigenvalue weighted by Crippen LogP contribution is 2.28. The number of piperazine rings is 1. The fraction of sp³-hybridized carbons (Fsp3) is 0.276. The Morgan fingerprint density at radius 2 is 1.53 bits per heavy atom.